The molecule has 40 heavy (non-hydrogen) atoms. The highest BCUT2D eigenvalue weighted by Gasteiger charge is 2.22. The minimum atomic E-state index is -4.73. The Labute approximate surface area is 244 Å². The molecule has 0 aliphatic heterocycles. The highest BCUT2D eigenvalue weighted by Crippen LogP contribution is 2.35. The van der Waals surface area contributed by atoms with Crippen molar-refractivity contribution < 1.29 is 37.9 Å². The summed E-state index contributed by atoms with van der Waals surface area (Å²) in [4.78, 5) is 42.3. The van der Waals surface area contributed by atoms with Gasteiger partial charge >= 0.3 is 19.8 Å². The summed E-state index contributed by atoms with van der Waals surface area (Å²) in [6.07, 6.45) is 26.7. The number of esters is 2. The molecule has 0 fully saturated rings. The molecule has 0 aromatic heterocycles. The molecular weight excluding hydrogens is 531 g/mol. The van der Waals surface area contributed by atoms with E-state index in [9.17, 15) is 14.2 Å². The Bertz CT molecular complexity index is 676. The maximum Gasteiger partial charge on any atom is 0.469 e. The molecule has 0 aliphatic carbocycles. The predicted octanol–water partition coefficient (Wildman–Crippen LogP) is 8.73. The second-order valence-corrected chi connectivity index (χ2v) is 12.0. The van der Waals surface area contributed by atoms with Crippen LogP contribution in [0.1, 0.15) is 155 Å². The van der Waals surface area contributed by atoms with E-state index in [0.29, 0.717) is 6.42 Å². The fraction of sp³-hybridized carbons (Fsp3) is 0.871. The van der Waals surface area contributed by atoms with E-state index >= 15 is 0 Å². The van der Waals surface area contributed by atoms with Crippen molar-refractivity contribution >= 4 is 19.8 Å². The summed E-state index contributed by atoms with van der Waals surface area (Å²) in [6.45, 7) is 3.58. The van der Waals surface area contributed by atoms with Crippen LogP contribution in [0.2, 0.25) is 0 Å². The lowest BCUT2D eigenvalue weighted by molar-refractivity contribution is -0.161. The first-order valence-electron chi connectivity index (χ1n) is 16.0. The minimum absolute atomic E-state index is 0.212. The van der Waals surface area contributed by atoms with E-state index in [0.717, 1.165) is 44.9 Å². The molecule has 0 saturated heterocycles. The van der Waals surface area contributed by atoms with Crippen LogP contribution in [0.4, 0.5) is 0 Å². The molecule has 9 heteroatoms. The number of ether oxygens (including phenoxy) is 2. The molecule has 0 aliphatic rings. The highest BCUT2D eigenvalue weighted by molar-refractivity contribution is 7.46. The molecule has 0 radical (unpaired) electrons. The molecule has 236 valence electrons. The third kappa shape index (κ3) is 29.8. The van der Waals surface area contributed by atoms with Crippen LogP contribution in [0, 0.1) is 0 Å². The summed E-state index contributed by atoms with van der Waals surface area (Å²) < 4.78 is 26.1. The van der Waals surface area contributed by atoms with Gasteiger partial charge in [-0.05, 0) is 32.1 Å². The number of carbonyl (C=O) groups excluding carboxylic acids is 2. The summed E-state index contributed by atoms with van der Waals surface area (Å²) in [7, 11) is -4.73. The van der Waals surface area contributed by atoms with Crippen molar-refractivity contribution in [3.05, 3.63) is 12.2 Å². The van der Waals surface area contributed by atoms with Crippen LogP contribution in [0.15, 0.2) is 12.2 Å². The number of phosphoric acid groups is 1. The van der Waals surface area contributed by atoms with E-state index in [4.69, 9.17) is 19.3 Å². The highest BCUT2D eigenvalue weighted by atomic mass is 31.2. The van der Waals surface area contributed by atoms with Gasteiger partial charge in [-0.15, -0.1) is 0 Å². The molecule has 0 aromatic carbocycles. The normalized spacial score (nSPS) is 12.6. The van der Waals surface area contributed by atoms with Crippen LogP contribution in [0.25, 0.3) is 0 Å². The number of phosphoric ester groups is 1. The molecule has 0 heterocycles. The maximum atomic E-state index is 12.3. The zero-order chi connectivity index (χ0) is 29.7. The van der Waals surface area contributed by atoms with E-state index in [1.807, 2.05) is 0 Å². The molecule has 0 spiro atoms. The van der Waals surface area contributed by atoms with E-state index in [2.05, 4.69) is 30.5 Å². The third-order valence-corrected chi connectivity index (χ3v) is 7.27. The van der Waals surface area contributed by atoms with Crippen molar-refractivity contribution in [2.75, 3.05) is 13.2 Å². The SMILES string of the molecule is CCCC/C=C/CCCCCCCCCCCC(=O)O[C@H](COC(=O)CCCCCCCCC)COP(=O)(O)O. The van der Waals surface area contributed by atoms with Crippen molar-refractivity contribution in [1.29, 1.82) is 0 Å². The topological polar surface area (TPSA) is 119 Å². The van der Waals surface area contributed by atoms with Gasteiger partial charge in [0.2, 0.25) is 0 Å². The lowest BCUT2D eigenvalue weighted by atomic mass is 10.1. The van der Waals surface area contributed by atoms with Gasteiger partial charge in [0.15, 0.2) is 6.10 Å². The minimum Gasteiger partial charge on any atom is -0.462 e. The number of hydrogen-bond donors (Lipinski definition) is 2. The predicted molar refractivity (Wildman–Crippen MR) is 161 cm³/mol. The molecule has 2 N–H and O–H groups in total. The molecular formula is C31H59O8P. The van der Waals surface area contributed by atoms with Crippen LogP contribution in [-0.4, -0.2) is 41.0 Å². The standard InChI is InChI=1S/C31H59O8P/c1-3-5-7-9-11-12-13-14-15-16-17-18-20-22-24-26-31(33)39-29(28-38-40(34,35)36)27-37-30(32)25-23-21-19-10-8-6-4-2/h9,11,29H,3-8,10,12-28H2,1-2H3,(H2,34,35,36)/b11-9+/t29-/m1/s1. The van der Waals surface area contributed by atoms with E-state index in [-0.39, 0.29) is 19.4 Å². The van der Waals surface area contributed by atoms with Gasteiger partial charge in [0.25, 0.3) is 0 Å². The zero-order valence-electron chi connectivity index (χ0n) is 25.5. The fourth-order valence-electron chi connectivity index (χ4n) is 4.35. The monoisotopic (exact) mass is 590 g/mol. The summed E-state index contributed by atoms with van der Waals surface area (Å²) in [6, 6.07) is 0. The summed E-state index contributed by atoms with van der Waals surface area (Å²) in [5, 5.41) is 0. The van der Waals surface area contributed by atoms with E-state index in [1.54, 1.807) is 0 Å². The molecule has 8 nitrogen and oxygen atoms in total. The summed E-state index contributed by atoms with van der Waals surface area (Å²) >= 11 is 0. The van der Waals surface area contributed by atoms with Gasteiger partial charge < -0.3 is 19.3 Å². The van der Waals surface area contributed by atoms with E-state index in [1.165, 1.54) is 77.0 Å². The maximum absolute atomic E-state index is 12.3. The average Bonchev–Trinajstić information content (AvgIpc) is 2.91. The molecule has 1 atom stereocenters. The Morgan fingerprint density at radius 3 is 1.60 bits per heavy atom. The Morgan fingerprint density at radius 1 is 0.625 bits per heavy atom. The van der Waals surface area contributed by atoms with Crippen LogP contribution >= 0.6 is 7.82 Å². The first-order chi connectivity index (χ1) is 19.3. The summed E-state index contributed by atoms with van der Waals surface area (Å²) in [5.41, 5.74) is 0. The molecule has 0 unspecified atom stereocenters. The lowest BCUT2D eigenvalue weighted by Gasteiger charge is -2.18. The quantitative estimate of drug-likeness (QED) is 0.0384. The van der Waals surface area contributed by atoms with Crippen molar-refractivity contribution in [3.63, 3.8) is 0 Å². The molecule has 0 rings (SSSR count). The largest absolute Gasteiger partial charge is 0.469 e. The van der Waals surface area contributed by atoms with Gasteiger partial charge in [0, 0.05) is 12.8 Å². The van der Waals surface area contributed by atoms with Crippen molar-refractivity contribution in [3.8, 4) is 0 Å². The van der Waals surface area contributed by atoms with E-state index < -0.39 is 32.5 Å². The number of hydrogen-bond acceptors (Lipinski definition) is 6. The van der Waals surface area contributed by atoms with Crippen LogP contribution in [-0.2, 0) is 28.2 Å². The van der Waals surface area contributed by atoms with Gasteiger partial charge in [-0.3, -0.25) is 14.1 Å². The lowest BCUT2D eigenvalue weighted by Crippen LogP contribution is -2.29. The second-order valence-electron chi connectivity index (χ2n) is 10.8. The molecule has 0 bridgehead atoms. The van der Waals surface area contributed by atoms with Crippen molar-refractivity contribution in [2.45, 2.75) is 161 Å². The smallest absolute Gasteiger partial charge is 0.462 e. The van der Waals surface area contributed by atoms with Gasteiger partial charge in [-0.25, -0.2) is 4.57 Å². The molecule has 0 aromatic rings. The Kier molecular flexibility index (Phi) is 27.1. The van der Waals surface area contributed by atoms with Gasteiger partial charge in [0.1, 0.15) is 6.61 Å². The number of rotatable bonds is 29. The Hall–Kier alpha value is -1.21. The average molecular weight is 591 g/mol. The van der Waals surface area contributed by atoms with Gasteiger partial charge in [-0.2, -0.15) is 0 Å². The second kappa shape index (κ2) is 27.9. The number of carbonyl (C=O) groups is 2. The van der Waals surface area contributed by atoms with Gasteiger partial charge in [-0.1, -0.05) is 122 Å². The first-order valence-corrected chi connectivity index (χ1v) is 17.5. The number of allylic oxidation sites excluding steroid dienone is 2. The molecule has 0 saturated carbocycles. The van der Waals surface area contributed by atoms with Crippen LogP contribution < -0.4 is 0 Å². The fourth-order valence-corrected chi connectivity index (χ4v) is 4.71. The molecule has 0 amide bonds. The van der Waals surface area contributed by atoms with Gasteiger partial charge in [0.05, 0.1) is 6.61 Å². The Morgan fingerprint density at radius 2 is 1.07 bits per heavy atom. The van der Waals surface area contributed by atoms with Crippen molar-refractivity contribution in [1.82, 2.24) is 0 Å². The Balaban J connectivity index is 3.98. The summed E-state index contributed by atoms with van der Waals surface area (Å²) in [5.74, 6) is -0.892. The number of unbranched alkanes of at least 4 members (excludes halogenated alkanes) is 17. The van der Waals surface area contributed by atoms with Crippen LogP contribution in [0.5, 0.6) is 0 Å². The third-order valence-electron chi connectivity index (χ3n) is 6.78. The van der Waals surface area contributed by atoms with Crippen LogP contribution in [0.3, 0.4) is 0 Å². The van der Waals surface area contributed by atoms with Crippen molar-refractivity contribution in [2.24, 2.45) is 0 Å². The zero-order valence-corrected chi connectivity index (χ0v) is 26.4. The first kappa shape index (κ1) is 38.8.